The summed E-state index contributed by atoms with van der Waals surface area (Å²) in [4.78, 5) is 0. The van der Waals surface area contributed by atoms with Crippen LogP contribution >= 0.6 is 0 Å². The standard InChI is InChI=1S/C12H20/c1-8(2)10-7-12(5,6)11(10)9(3)4/h10-11H,1,3,7H2,2,4-6H3. The van der Waals surface area contributed by atoms with Crippen molar-refractivity contribution in [1.82, 2.24) is 0 Å². The molecule has 1 aliphatic rings. The molecule has 2 unspecified atom stereocenters. The first-order chi connectivity index (χ1) is 5.36. The van der Waals surface area contributed by atoms with Crippen LogP contribution in [0, 0.1) is 17.3 Å². The Bertz CT molecular complexity index is 220. The van der Waals surface area contributed by atoms with Gasteiger partial charge in [0.2, 0.25) is 0 Å². The maximum atomic E-state index is 4.06. The molecule has 0 amide bonds. The van der Waals surface area contributed by atoms with Gasteiger partial charge in [-0.3, -0.25) is 0 Å². The normalized spacial score (nSPS) is 32.3. The molecule has 1 saturated carbocycles. The number of hydrogen-bond donors (Lipinski definition) is 0. The Morgan fingerprint density at radius 3 is 1.83 bits per heavy atom. The fraction of sp³-hybridized carbons (Fsp3) is 0.667. The average molecular weight is 164 g/mol. The van der Waals surface area contributed by atoms with Crippen molar-refractivity contribution < 1.29 is 0 Å². The molecule has 68 valence electrons. The van der Waals surface area contributed by atoms with Crippen LogP contribution in [0.25, 0.3) is 0 Å². The molecule has 0 aromatic heterocycles. The molecule has 12 heavy (non-hydrogen) atoms. The summed E-state index contributed by atoms with van der Waals surface area (Å²) >= 11 is 0. The van der Waals surface area contributed by atoms with Crippen molar-refractivity contribution in [2.45, 2.75) is 34.1 Å². The Kier molecular flexibility index (Phi) is 2.20. The molecule has 2 atom stereocenters. The van der Waals surface area contributed by atoms with E-state index in [0.717, 1.165) is 0 Å². The Labute approximate surface area is 76.4 Å². The summed E-state index contributed by atoms with van der Waals surface area (Å²) in [6.45, 7) is 17.0. The van der Waals surface area contributed by atoms with Crippen molar-refractivity contribution in [3.05, 3.63) is 24.3 Å². The van der Waals surface area contributed by atoms with Crippen LogP contribution in [0.2, 0.25) is 0 Å². The molecule has 0 N–H and O–H groups in total. The lowest BCUT2D eigenvalue weighted by Gasteiger charge is -2.52. The zero-order valence-electron chi connectivity index (χ0n) is 8.78. The van der Waals surface area contributed by atoms with Gasteiger partial charge in [-0.2, -0.15) is 0 Å². The van der Waals surface area contributed by atoms with Crippen LogP contribution in [-0.4, -0.2) is 0 Å². The third-order valence-corrected chi connectivity index (χ3v) is 3.15. The molecule has 0 bridgehead atoms. The van der Waals surface area contributed by atoms with Gasteiger partial charge in [0.1, 0.15) is 0 Å². The van der Waals surface area contributed by atoms with E-state index < -0.39 is 0 Å². The van der Waals surface area contributed by atoms with Crippen LogP contribution in [0.5, 0.6) is 0 Å². The van der Waals surface area contributed by atoms with Crippen molar-refractivity contribution in [1.29, 1.82) is 0 Å². The molecule has 0 nitrogen and oxygen atoms in total. The van der Waals surface area contributed by atoms with Gasteiger partial charge in [-0.1, -0.05) is 38.2 Å². The molecule has 0 aliphatic heterocycles. The molecule has 1 fully saturated rings. The van der Waals surface area contributed by atoms with Crippen molar-refractivity contribution in [2.75, 3.05) is 0 Å². The largest absolute Gasteiger partial charge is 0.0998 e. The lowest BCUT2D eigenvalue weighted by atomic mass is 9.52. The van der Waals surface area contributed by atoms with Crippen molar-refractivity contribution in [3.63, 3.8) is 0 Å². The summed E-state index contributed by atoms with van der Waals surface area (Å²) in [6.07, 6.45) is 1.28. The average Bonchev–Trinajstić information content (AvgIpc) is 1.81. The first kappa shape index (κ1) is 9.57. The summed E-state index contributed by atoms with van der Waals surface area (Å²) in [5.41, 5.74) is 3.09. The third kappa shape index (κ3) is 1.35. The Morgan fingerprint density at radius 1 is 1.17 bits per heavy atom. The zero-order chi connectivity index (χ0) is 9.52. The lowest BCUT2D eigenvalue weighted by molar-refractivity contribution is 0.0408. The molecule has 0 heteroatoms. The van der Waals surface area contributed by atoms with Gasteiger partial charge in [-0.25, -0.2) is 0 Å². The van der Waals surface area contributed by atoms with Crippen LogP contribution < -0.4 is 0 Å². The SMILES string of the molecule is C=C(C)C1CC(C)(C)C1C(=C)C. The van der Waals surface area contributed by atoms with Crippen LogP contribution in [0.1, 0.15) is 34.1 Å². The van der Waals surface area contributed by atoms with E-state index in [2.05, 4.69) is 40.9 Å². The van der Waals surface area contributed by atoms with Crippen LogP contribution in [0.15, 0.2) is 24.3 Å². The smallest absolute Gasteiger partial charge is 0.00915 e. The van der Waals surface area contributed by atoms with Gasteiger partial charge in [0.25, 0.3) is 0 Å². The van der Waals surface area contributed by atoms with E-state index in [9.17, 15) is 0 Å². The fourth-order valence-electron chi connectivity index (χ4n) is 2.66. The summed E-state index contributed by atoms with van der Waals surface area (Å²) in [6, 6.07) is 0. The van der Waals surface area contributed by atoms with E-state index in [1.54, 1.807) is 0 Å². The van der Waals surface area contributed by atoms with Gasteiger partial charge >= 0.3 is 0 Å². The Hall–Kier alpha value is -0.520. The topological polar surface area (TPSA) is 0 Å². The molecule has 0 saturated heterocycles. The minimum absolute atomic E-state index is 0.454. The molecule has 1 rings (SSSR count). The predicted octanol–water partition coefficient (Wildman–Crippen LogP) is 3.80. The van der Waals surface area contributed by atoms with E-state index in [1.165, 1.54) is 17.6 Å². The fourth-order valence-corrected chi connectivity index (χ4v) is 2.66. The van der Waals surface area contributed by atoms with Crippen LogP contribution in [0.3, 0.4) is 0 Å². The van der Waals surface area contributed by atoms with Gasteiger partial charge in [-0.15, -0.1) is 0 Å². The van der Waals surface area contributed by atoms with E-state index in [-0.39, 0.29) is 0 Å². The second kappa shape index (κ2) is 2.76. The van der Waals surface area contributed by atoms with Crippen molar-refractivity contribution in [3.8, 4) is 0 Å². The second-order valence-electron chi connectivity index (χ2n) is 4.97. The minimum atomic E-state index is 0.454. The van der Waals surface area contributed by atoms with Gasteiger partial charge in [0.05, 0.1) is 0 Å². The number of allylic oxidation sites excluding steroid dienone is 2. The van der Waals surface area contributed by atoms with Crippen molar-refractivity contribution >= 4 is 0 Å². The summed E-state index contributed by atoms with van der Waals surface area (Å²) < 4.78 is 0. The Morgan fingerprint density at radius 2 is 1.67 bits per heavy atom. The molecule has 0 spiro atoms. The first-order valence-electron chi connectivity index (χ1n) is 4.67. The van der Waals surface area contributed by atoms with E-state index >= 15 is 0 Å². The monoisotopic (exact) mass is 164 g/mol. The third-order valence-electron chi connectivity index (χ3n) is 3.15. The summed E-state index contributed by atoms with van der Waals surface area (Å²) in [5, 5.41) is 0. The highest BCUT2D eigenvalue weighted by Gasteiger charge is 2.47. The van der Waals surface area contributed by atoms with E-state index in [0.29, 0.717) is 17.3 Å². The van der Waals surface area contributed by atoms with Crippen LogP contribution in [-0.2, 0) is 0 Å². The van der Waals surface area contributed by atoms with Gasteiger partial charge in [-0.05, 0) is 37.5 Å². The van der Waals surface area contributed by atoms with E-state index in [1.807, 2.05) is 0 Å². The van der Waals surface area contributed by atoms with E-state index in [4.69, 9.17) is 0 Å². The minimum Gasteiger partial charge on any atom is -0.0998 e. The first-order valence-corrected chi connectivity index (χ1v) is 4.67. The van der Waals surface area contributed by atoms with Crippen LogP contribution in [0.4, 0.5) is 0 Å². The maximum Gasteiger partial charge on any atom is -0.00915 e. The summed E-state index contributed by atoms with van der Waals surface area (Å²) in [5.74, 6) is 1.35. The number of hydrogen-bond acceptors (Lipinski definition) is 0. The quantitative estimate of drug-likeness (QED) is 0.544. The highest BCUT2D eigenvalue weighted by Crippen LogP contribution is 2.55. The molecular formula is C12H20. The molecule has 0 aromatic carbocycles. The van der Waals surface area contributed by atoms with Crippen molar-refractivity contribution in [2.24, 2.45) is 17.3 Å². The molecule has 0 radical (unpaired) electrons. The zero-order valence-corrected chi connectivity index (χ0v) is 8.78. The molecule has 0 aromatic rings. The highest BCUT2D eigenvalue weighted by atomic mass is 14.5. The number of rotatable bonds is 2. The maximum absolute atomic E-state index is 4.06. The molecule has 1 aliphatic carbocycles. The van der Waals surface area contributed by atoms with Gasteiger partial charge in [0.15, 0.2) is 0 Å². The predicted molar refractivity (Wildman–Crippen MR) is 55.0 cm³/mol. The molecular weight excluding hydrogens is 144 g/mol. The second-order valence-corrected chi connectivity index (χ2v) is 4.97. The lowest BCUT2D eigenvalue weighted by Crippen LogP contribution is -2.44. The summed E-state index contributed by atoms with van der Waals surface area (Å²) in [7, 11) is 0. The van der Waals surface area contributed by atoms with Gasteiger partial charge in [0, 0.05) is 0 Å². The van der Waals surface area contributed by atoms with Gasteiger partial charge < -0.3 is 0 Å². The highest BCUT2D eigenvalue weighted by molar-refractivity contribution is 5.20. The molecule has 0 heterocycles. The Balaban J connectivity index is 2.76.